The zero-order chi connectivity index (χ0) is 14.7. The minimum Gasteiger partial charge on any atom is -0.458 e. The Morgan fingerprint density at radius 2 is 1.47 bits per heavy atom. The molecule has 114 valence electrons. The lowest BCUT2D eigenvalue weighted by atomic mass is 10.1. The van der Waals surface area contributed by atoms with Gasteiger partial charge in [0.25, 0.3) is 0 Å². The lowest BCUT2D eigenvalue weighted by Crippen LogP contribution is -2.31. The van der Waals surface area contributed by atoms with Crippen LogP contribution in [0.3, 0.4) is 0 Å². The lowest BCUT2D eigenvalue weighted by Gasteiger charge is -2.21. The maximum Gasteiger partial charge on any atom is 0.335 e. The highest BCUT2D eigenvalue weighted by Gasteiger charge is 2.22. The molecule has 19 heavy (non-hydrogen) atoms. The Morgan fingerprint density at radius 1 is 1.00 bits per heavy atom. The number of carbonyl (C=O) groups excluding carboxylic acids is 1. The summed E-state index contributed by atoms with van der Waals surface area (Å²) in [5.74, 6) is -0.490. The summed E-state index contributed by atoms with van der Waals surface area (Å²) in [6.45, 7) is 7.66. The molecule has 1 atom stereocenters. The third-order valence-corrected chi connectivity index (χ3v) is 3.01. The minimum atomic E-state index is -0.959. The van der Waals surface area contributed by atoms with Gasteiger partial charge in [0.15, 0.2) is 6.10 Å². The predicted octanol–water partition coefficient (Wildman–Crippen LogP) is 4.22. The molecule has 0 aliphatic carbocycles. The molecule has 0 aliphatic rings. The van der Waals surface area contributed by atoms with Crippen LogP contribution in [0.2, 0.25) is 0 Å². The van der Waals surface area contributed by atoms with Crippen LogP contribution in [0.25, 0.3) is 0 Å². The van der Waals surface area contributed by atoms with Crippen LogP contribution in [0.15, 0.2) is 0 Å². The highest BCUT2D eigenvalue weighted by Crippen LogP contribution is 2.13. The van der Waals surface area contributed by atoms with Crippen LogP contribution in [0.5, 0.6) is 0 Å². The summed E-state index contributed by atoms with van der Waals surface area (Å²) < 4.78 is 5.13. The van der Waals surface area contributed by atoms with Gasteiger partial charge in [-0.15, -0.1) is 0 Å². The van der Waals surface area contributed by atoms with E-state index in [1.165, 1.54) is 38.5 Å². The fraction of sp³-hybridized carbons (Fsp3) is 0.938. The summed E-state index contributed by atoms with van der Waals surface area (Å²) in [7, 11) is 0. The van der Waals surface area contributed by atoms with E-state index in [2.05, 4.69) is 6.92 Å². The summed E-state index contributed by atoms with van der Waals surface area (Å²) in [5, 5.41) is 9.68. The fourth-order valence-corrected chi connectivity index (χ4v) is 1.96. The summed E-state index contributed by atoms with van der Waals surface area (Å²) >= 11 is 0. The monoisotopic (exact) mass is 272 g/mol. The molecule has 0 heterocycles. The van der Waals surface area contributed by atoms with E-state index >= 15 is 0 Å². The van der Waals surface area contributed by atoms with Gasteiger partial charge in [0, 0.05) is 0 Å². The first kappa shape index (κ1) is 18.4. The second kappa shape index (κ2) is 10.2. The van der Waals surface area contributed by atoms with E-state index in [0.29, 0.717) is 6.42 Å². The molecule has 0 aliphatic heterocycles. The van der Waals surface area contributed by atoms with Gasteiger partial charge in [-0.25, -0.2) is 4.79 Å². The minimum absolute atomic E-state index is 0.490. The number of esters is 1. The Labute approximate surface area is 118 Å². The number of ether oxygens (including phenoxy) is 1. The topological polar surface area (TPSA) is 46.5 Å². The van der Waals surface area contributed by atoms with Crippen molar-refractivity contribution in [2.75, 3.05) is 0 Å². The Hall–Kier alpha value is -0.570. The number of carbonyl (C=O) groups is 1. The Balaban J connectivity index is 3.48. The van der Waals surface area contributed by atoms with E-state index in [0.717, 1.165) is 12.8 Å². The van der Waals surface area contributed by atoms with E-state index in [1.807, 2.05) is 20.8 Å². The standard InChI is InChI=1S/C16H32O3/c1-5-6-7-8-9-10-11-12-13-14(17)15(18)19-16(2,3)4/h14,17H,5-13H2,1-4H3. The molecule has 0 rings (SSSR count). The first-order valence-corrected chi connectivity index (χ1v) is 7.77. The molecule has 0 saturated heterocycles. The second-order valence-electron chi connectivity index (χ2n) is 6.31. The van der Waals surface area contributed by atoms with Crippen molar-refractivity contribution in [1.82, 2.24) is 0 Å². The van der Waals surface area contributed by atoms with Crippen LogP contribution in [0.4, 0.5) is 0 Å². The van der Waals surface area contributed by atoms with Gasteiger partial charge >= 0.3 is 5.97 Å². The van der Waals surface area contributed by atoms with Crippen molar-refractivity contribution in [3.05, 3.63) is 0 Å². The quantitative estimate of drug-likeness (QED) is 0.478. The van der Waals surface area contributed by atoms with Gasteiger partial charge in [-0.3, -0.25) is 0 Å². The van der Waals surface area contributed by atoms with Gasteiger partial charge in [-0.1, -0.05) is 58.3 Å². The number of rotatable bonds is 10. The number of hydrogen-bond acceptors (Lipinski definition) is 3. The van der Waals surface area contributed by atoms with Crippen LogP contribution in [0, 0.1) is 0 Å². The van der Waals surface area contributed by atoms with E-state index in [9.17, 15) is 9.90 Å². The predicted molar refractivity (Wildman–Crippen MR) is 79.1 cm³/mol. The zero-order valence-corrected chi connectivity index (χ0v) is 13.2. The molecule has 0 fully saturated rings. The smallest absolute Gasteiger partial charge is 0.335 e. The number of aliphatic hydroxyl groups is 1. The maximum atomic E-state index is 11.5. The molecule has 0 aromatic rings. The number of hydrogen-bond donors (Lipinski definition) is 1. The highest BCUT2D eigenvalue weighted by atomic mass is 16.6. The third kappa shape index (κ3) is 12.2. The molecular weight excluding hydrogens is 240 g/mol. The van der Waals surface area contributed by atoms with Crippen LogP contribution >= 0.6 is 0 Å². The molecule has 0 aromatic heterocycles. The molecule has 0 radical (unpaired) electrons. The molecule has 0 amide bonds. The zero-order valence-electron chi connectivity index (χ0n) is 13.2. The van der Waals surface area contributed by atoms with Crippen molar-refractivity contribution in [2.45, 2.75) is 97.2 Å². The largest absolute Gasteiger partial charge is 0.458 e. The normalized spacial score (nSPS) is 13.3. The summed E-state index contributed by atoms with van der Waals surface area (Å²) in [4.78, 5) is 11.5. The van der Waals surface area contributed by atoms with Crippen molar-refractivity contribution < 1.29 is 14.6 Å². The molecule has 0 aromatic carbocycles. The summed E-state index contributed by atoms with van der Waals surface area (Å²) in [6.07, 6.45) is 9.26. The first-order chi connectivity index (χ1) is 8.87. The van der Waals surface area contributed by atoms with E-state index < -0.39 is 17.7 Å². The summed E-state index contributed by atoms with van der Waals surface area (Å²) in [5.41, 5.74) is -0.517. The highest BCUT2D eigenvalue weighted by molar-refractivity contribution is 5.74. The second-order valence-corrected chi connectivity index (χ2v) is 6.31. The SMILES string of the molecule is CCCCCCCCCCC(O)C(=O)OC(C)(C)C. The number of unbranched alkanes of at least 4 members (excludes halogenated alkanes) is 7. The van der Waals surface area contributed by atoms with E-state index in [-0.39, 0.29) is 0 Å². The van der Waals surface area contributed by atoms with Crippen molar-refractivity contribution in [3.8, 4) is 0 Å². The molecule has 3 nitrogen and oxygen atoms in total. The number of aliphatic hydroxyl groups excluding tert-OH is 1. The lowest BCUT2D eigenvalue weighted by molar-refractivity contribution is -0.165. The molecule has 0 spiro atoms. The van der Waals surface area contributed by atoms with E-state index in [1.54, 1.807) is 0 Å². The Morgan fingerprint density at radius 3 is 1.95 bits per heavy atom. The average molecular weight is 272 g/mol. The van der Waals surface area contributed by atoms with Crippen LogP contribution in [-0.4, -0.2) is 22.8 Å². The molecule has 1 unspecified atom stereocenters. The van der Waals surface area contributed by atoms with Crippen molar-refractivity contribution in [3.63, 3.8) is 0 Å². The van der Waals surface area contributed by atoms with Crippen LogP contribution < -0.4 is 0 Å². The van der Waals surface area contributed by atoms with Gasteiger partial charge in [0.1, 0.15) is 5.60 Å². The molecule has 1 N–H and O–H groups in total. The first-order valence-electron chi connectivity index (χ1n) is 7.77. The average Bonchev–Trinajstić information content (AvgIpc) is 2.30. The Bertz CT molecular complexity index is 231. The fourth-order valence-electron chi connectivity index (χ4n) is 1.96. The van der Waals surface area contributed by atoms with Crippen molar-refractivity contribution >= 4 is 5.97 Å². The van der Waals surface area contributed by atoms with Crippen LogP contribution in [-0.2, 0) is 9.53 Å². The van der Waals surface area contributed by atoms with Gasteiger partial charge in [-0.05, 0) is 27.2 Å². The van der Waals surface area contributed by atoms with Gasteiger partial charge in [-0.2, -0.15) is 0 Å². The van der Waals surface area contributed by atoms with E-state index in [4.69, 9.17) is 4.74 Å². The van der Waals surface area contributed by atoms with Crippen LogP contribution in [0.1, 0.15) is 85.5 Å². The van der Waals surface area contributed by atoms with Gasteiger partial charge < -0.3 is 9.84 Å². The van der Waals surface area contributed by atoms with Gasteiger partial charge in [0.2, 0.25) is 0 Å². The van der Waals surface area contributed by atoms with Crippen molar-refractivity contribution in [1.29, 1.82) is 0 Å². The molecule has 0 saturated carbocycles. The molecule has 3 heteroatoms. The molecular formula is C16H32O3. The molecule has 0 bridgehead atoms. The summed E-state index contributed by atoms with van der Waals surface area (Å²) in [6, 6.07) is 0. The van der Waals surface area contributed by atoms with Crippen molar-refractivity contribution in [2.24, 2.45) is 0 Å². The Kier molecular flexibility index (Phi) is 9.94. The van der Waals surface area contributed by atoms with Gasteiger partial charge in [0.05, 0.1) is 0 Å². The third-order valence-electron chi connectivity index (χ3n) is 3.01. The maximum absolute atomic E-state index is 11.5.